The molecule has 2 rings (SSSR count). The van der Waals surface area contributed by atoms with Gasteiger partial charge in [0.2, 0.25) is 0 Å². The molecule has 1 aromatic rings. The Bertz CT molecular complexity index is 310. The van der Waals surface area contributed by atoms with Crippen LogP contribution in [0, 0.1) is 5.92 Å². The van der Waals surface area contributed by atoms with E-state index in [0.29, 0.717) is 0 Å². The van der Waals surface area contributed by atoms with E-state index in [0.717, 1.165) is 23.6 Å². The van der Waals surface area contributed by atoms with Gasteiger partial charge in [-0.25, -0.2) is 0 Å². The average molecular weight is 225 g/mol. The lowest BCUT2D eigenvalue weighted by atomic mass is 10.1. The summed E-state index contributed by atoms with van der Waals surface area (Å²) in [4.78, 5) is 1.37. The predicted octanol–water partition coefficient (Wildman–Crippen LogP) is 3.03. The number of nitrogens with one attached hydrogen (secondary N) is 1. The molecule has 0 bridgehead atoms. The zero-order valence-electron chi connectivity index (χ0n) is 9.45. The molecular weight excluding hydrogens is 206 g/mol. The first-order chi connectivity index (χ1) is 7.29. The third-order valence-electron chi connectivity index (χ3n) is 3.24. The maximum atomic E-state index is 5.18. The van der Waals surface area contributed by atoms with Gasteiger partial charge in [0.15, 0.2) is 5.06 Å². The minimum Gasteiger partial charge on any atom is -0.487 e. The van der Waals surface area contributed by atoms with Crippen LogP contribution >= 0.6 is 11.3 Å². The monoisotopic (exact) mass is 225 g/mol. The highest BCUT2D eigenvalue weighted by Gasteiger charge is 2.22. The topological polar surface area (TPSA) is 21.3 Å². The van der Waals surface area contributed by atoms with Crippen molar-refractivity contribution in [1.29, 1.82) is 0 Å². The molecule has 15 heavy (non-hydrogen) atoms. The molecule has 1 fully saturated rings. The first-order valence-corrected chi connectivity index (χ1v) is 6.47. The molecule has 0 aliphatic heterocycles. The van der Waals surface area contributed by atoms with Crippen LogP contribution < -0.4 is 10.1 Å². The van der Waals surface area contributed by atoms with Crippen molar-refractivity contribution in [3.05, 3.63) is 17.0 Å². The summed E-state index contributed by atoms with van der Waals surface area (Å²) in [6.45, 7) is 3.34. The van der Waals surface area contributed by atoms with Crippen LogP contribution in [-0.2, 0) is 6.54 Å². The van der Waals surface area contributed by atoms with Gasteiger partial charge in [0.05, 0.1) is 7.11 Å². The van der Waals surface area contributed by atoms with Crippen LogP contribution in [0.4, 0.5) is 0 Å². The molecule has 1 aliphatic rings. The maximum Gasteiger partial charge on any atom is 0.173 e. The SMILES string of the molecule is COc1ccc(CNC2CCCC2C)s1. The van der Waals surface area contributed by atoms with Crippen molar-refractivity contribution < 1.29 is 4.74 Å². The third kappa shape index (κ3) is 2.73. The van der Waals surface area contributed by atoms with Gasteiger partial charge in [-0.2, -0.15) is 0 Å². The van der Waals surface area contributed by atoms with Crippen molar-refractivity contribution in [3.8, 4) is 5.06 Å². The van der Waals surface area contributed by atoms with E-state index < -0.39 is 0 Å². The standard InChI is InChI=1S/C12H19NOS/c1-9-4-3-5-11(9)13-8-10-6-7-12(14-2)15-10/h6-7,9,11,13H,3-5,8H2,1-2H3. The summed E-state index contributed by atoms with van der Waals surface area (Å²) in [5, 5.41) is 4.65. The lowest BCUT2D eigenvalue weighted by Gasteiger charge is -2.16. The predicted molar refractivity (Wildman–Crippen MR) is 64.5 cm³/mol. The number of hydrogen-bond acceptors (Lipinski definition) is 3. The largest absolute Gasteiger partial charge is 0.487 e. The van der Waals surface area contributed by atoms with Gasteiger partial charge in [-0.3, -0.25) is 0 Å². The molecule has 1 N–H and O–H groups in total. The summed E-state index contributed by atoms with van der Waals surface area (Å²) in [7, 11) is 1.72. The van der Waals surface area contributed by atoms with Crippen LogP contribution in [0.2, 0.25) is 0 Å². The first kappa shape index (κ1) is 11.0. The normalized spacial score (nSPS) is 25.7. The molecule has 1 aliphatic carbocycles. The zero-order valence-corrected chi connectivity index (χ0v) is 10.3. The summed E-state index contributed by atoms with van der Waals surface area (Å²) in [6, 6.07) is 4.91. The van der Waals surface area contributed by atoms with E-state index in [4.69, 9.17) is 4.74 Å². The van der Waals surface area contributed by atoms with Gasteiger partial charge in [0, 0.05) is 17.5 Å². The quantitative estimate of drug-likeness (QED) is 0.850. The van der Waals surface area contributed by atoms with Crippen LogP contribution in [-0.4, -0.2) is 13.2 Å². The molecule has 1 heterocycles. The molecule has 0 radical (unpaired) electrons. The minimum atomic E-state index is 0.720. The van der Waals surface area contributed by atoms with E-state index in [1.807, 2.05) is 6.07 Å². The Balaban J connectivity index is 1.82. The van der Waals surface area contributed by atoms with Gasteiger partial charge in [-0.05, 0) is 30.9 Å². The molecule has 2 nitrogen and oxygen atoms in total. The molecule has 1 saturated carbocycles. The number of hydrogen-bond donors (Lipinski definition) is 1. The Morgan fingerprint density at radius 2 is 2.33 bits per heavy atom. The van der Waals surface area contributed by atoms with Crippen molar-refractivity contribution in [1.82, 2.24) is 5.32 Å². The molecule has 0 saturated heterocycles. The fourth-order valence-corrected chi connectivity index (χ4v) is 3.01. The highest BCUT2D eigenvalue weighted by molar-refractivity contribution is 7.13. The zero-order chi connectivity index (χ0) is 10.7. The smallest absolute Gasteiger partial charge is 0.173 e. The molecule has 1 aromatic heterocycles. The van der Waals surface area contributed by atoms with E-state index in [2.05, 4.69) is 18.3 Å². The fraction of sp³-hybridized carbons (Fsp3) is 0.667. The maximum absolute atomic E-state index is 5.18. The van der Waals surface area contributed by atoms with Crippen LogP contribution in [0.5, 0.6) is 5.06 Å². The molecule has 0 spiro atoms. The minimum absolute atomic E-state index is 0.720. The number of thiophene rings is 1. The van der Waals surface area contributed by atoms with Gasteiger partial charge < -0.3 is 10.1 Å². The highest BCUT2D eigenvalue weighted by Crippen LogP contribution is 2.27. The summed E-state index contributed by atoms with van der Waals surface area (Å²) in [6.07, 6.45) is 4.10. The molecule has 3 heteroatoms. The first-order valence-electron chi connectivity index (χ1n) is 5.65. The molecular formula is C12H19NOS. The molecule has 2 atom stereocenters. The number of methoxy groups -OCH3 is 1. The van der Waals surface area contributed by atoms with Crippen LogP contribution in [0.15, 0.2) is 12.1 Å². The van der Waals surface area contributed by atoms with Crippen molar-refractivity contribution in [2.75, 3.05) is 7.11 Å². The van der Waals surface area contributed by atoms with Gasteiger partial charge >= 0.3 is 0 Å². The van der Waals surface area contributed by atoms with Crippen molar-refractivity contribution >= 4 is 11.3 Å². The number of rotatable bonds is 4. The lowest BCUT2D eigenvalue weighted by Crippen LogP contribution is -2.30. The van der Waals surface area contributed by atoms with E-state index in [9.17, 15) is 0 Å². The van der Waals surface area contributed by atoms with Crippen molar-refractivity contribution in [2.24, 2.45) is 5.92 Å². The van der Waals surface area contributed by atoms with E-state index >= 15 is 0 Å². The Morgan fingerprint density at radius 1 is 1.47 bits per heavy atom. The average Bonchev–Trinajstić information content (AvgIpc) is 2.84. The lowest BCUT2D eigenvalue weighted by molar-refractivity contribution is 0.426. The summed E-state index contributed by atoms with van der Waals surface area (Å²) in [5.41, 5.74) is 0. The Hall–Kier alpha value is -0.540. The Labute approximate surface area is 95.6 Å². The second kappa shape index (κ2) is 4.99. The van der Waals surface area contributed by atoms with Gasteiger partial charge in [0.25, 0.3) is 0 Å². The second-order valence-electron chi connectivity index (χ2n) is 4.32. The van der Waals surface area contributed by atoms with E-state index in [-0.39, 0.29) is 0 Å². The molecule has 2 unspecified atom stereocenters. The molecule has 0 amide bonds. The summed E-state index contributed by atoms with van der Waals surface area (Å²) in [5.74, 6) is 0.840. The van der Waals surface area contributed by atoms with Gasteiger partial charge in [-0.15, -0.1) is 11.3 Å². The van der Waals surface area contributed by atoms with Crippen molar-refractivity contribution in [3.63, 3.8) is 0 Å². The summed E-state index contributed by atoms with van der Waals surface area (Å²) >= 11 is 1.73. The molecule has 0 aromatic carbocycles. The van der Waals surface area contributed by atoms with Crippen LogP contribution in [0.25, 0.3) is 0 Å². The van der Waals surface area contributed by atoms with Crippen molar-refractivity contribution in [2.45, 2.75) is 38.8 Å². The van der Waals surface area contributed by atoms with Gasteiger partial charge in [-0.1, -0.05) is 13.3 Å². The third-order valence-corrected chi connectivity index (χ3v) is 4.28. The number of ether oxygens (including phenoxy) is 1. The second-order valence-corrected chi connectivity index (χ2v) is 5.45. The van der Waals surface area contributed by atoms with E-state index in [1.54, 1.807) is 18.4 Å². The Kier molecular flexibility index (Phi) is 3.65. The van der Waals surface area contributed by atoms with Crippen LogP contribution in [0.1, 0.15) is 31.1 Å². The molecule has 84 valence electrons. The van der Waals surface area contributed by atoms with E-state index in [1.165, 1.54) is 24.1 Å². The summed E-state index contributed by atoms with van der Waals surface area (Å²) < 4.78 is 5.18. The van der Waals surface area contributed by atoms with Gasteiger partial charge in [0.1, 0.15) is 0 Å². The fourth-order valence-electron chi connectivity index (χ4n) is 2.24. The Morgan fingerprint density at radius 3 is 2.93 bits per heavy atom. The highest BCUT2D eigenvalue weighted by atomic mass is 32.1. The van der Waals surface area contributed by atoms with Crippen LogP contribution in [0.3, 0.4) is 0 Å².